The minimum Gasteiger partial charge on any atom is -0.358 e. The SMILES string of the molecule is CCn1cc(CNC(=S)Nc2ccc(C)c(C)c2)cn1. The standard InChI is InChI=1S/C15H20N4S/c1-4-19-10-13(9-17-19)8-16-15(20)18-14-6-5-11(2)12(3)7-14/h5-7,9-10H,4,8H2,1-3H3,(H2,16,18,20). The van der Waals surface area contributed by atoms with E-state index in [0.717, 1.165) is 17.8 Å². The van der Waals surface area contributed by atoms with Crippen LogP contribution in [0.25, 0.3) is 0 Å². The van der Waals surface area contributed by atoms with E-state index < -0.39 is 0 Å². The monoisotopic (exact) mass is 288 g/mol. The van der Waals surface area contributed by atoms with Gasteiger partial charge in [0.2, 0.25) is 0 Å². The van der Waals surface area contributed by atoms with Crippen LogP contribution >= 0.6 is 12.2 Å². The van der Waals surface area contributed by atoms with E-state index in [4.69, 9.17) is 12.2 Å². The van der Waals surface area contributed by atoms with E-state index in [0.29, 0.717) is 11.7 Å². The first kappa shape index (κ1) is 14.5. The van der Waals surface area contributed by atoms with Gasteiger partial charge in [-0.15, -0.1) is 0 Å². The maximum Gasteiger partial charge on any atom is 0.171 e. The number of nitrogens with zero attached hydrogens (tertiary/aromatic N) is 2. The fourth-order valence-electron chi connectivity index (χ4n) is 1.85. The first-order chi connectivity index (χ1) is 9.58. The van der Waals surface area contributed by atoms with Gasteiger partial charge in [-0.2, -0.15) is 5.10 Å². The minimum atomic E-state index is 0.623. The van der Waals surface area contributed by atoms with Gasteiger partial charge in [0.15, 0.2) is 5.11 Å². The summed E-state index contributed by atoms with van der Waals surface area (Å²) >= 11 is 5.30. The topological polar surface area (TPSA) is 41.9 Å². The molecule has 1 aromatic heterocycles. The molecule has 0 unspecified atom stereocenters. The van der Waals surface area contributed by atoms with E-state index in [1.54, 1.807) is 0 Å². The van der Waals surface area contributed by atoms with Gasteiger partial charge in [-0.1, -0.05) is 6.07 Å². The molecule has 2 aromatic rings. The van der Waals surface area contributed by atoms with Crippen molar-refractivity contribution < 1.29 is 0 Å². The maximum atomic E-state index is 5.30. The fraction of sp³-hybridized carbons (Fsp3) is 0.333. The Bertz CT molecular complexity index is 604. The van der Waals surface area contributed by atoms with Crippen LogP contribution in [0.2, 0.25) is 0 Å². The Morgan fingerprint density at radius 2 is 2.10 bits per heavy atom. The molecule has 2 N–H and O–H groups in total. The molecule has 0 atom stereocenters. The molecule has 2 rings (SSSR count). The quantitative estimate of drug-likeness (QED) is 0.849. The van der Waals surface area contributed by atoms with Crippen molar-refractivity contribution in [1.29, 1.82) is 0 Å². The highest BCUT2D eigenvalue weighted by Gasteiger charge is 2.01. The van der Waals surface area contributed by atoms with Gasteiger partial charge in [0, 0.05) is 30.5 Å². The number of aryl methyl sites for hydroxylation is 3. The molecule has 0 aliphatic heterocycles. The predicted molar refractivity (Wildman–Crippen MR) is 86.9 cm³/mol. The second kappa shape index (κ2) is 6.52. The predicted octanol–water partition coefficient (Wildman–Crippen LogP) is 3.01. The largest absolute Gasteiger partial charge is 0.358 e. The van der Waals surface area contributed by atoms with Gasteiger partial charge >= 0.3 is 0 Å². The summed E-state index contributed by atoms with van der Waals surface area (Å²) in [6.07, 6.45) is 3.88. The lowest BCUT2D eigenvalue weighted by Gasteiger charge is -2.11. The highest BCUT2D eigenvalue weighted by molar-refractivity contribution is 7.80. The summed E-state index contributed by atoms with van der Waals surface area (Å²) in [6, 6.07) is 6.22. The van der Waals surface area contributed by atoms with Crippen molar-refractivity contribution >= 4 is 23.0 Å². The summed E-state index contributed by atoms with van der Waals surface area (Å²) in [5, 5.41) is 11.2. The summed E-state index contributed by atoms with van der Waals surface area (Å²) in [5.74, 6) is 0. The summed E-state index contributed by atoms with van der Waals surface area (Å²) in [4.78, 5) is 0. The third-order valence-electron chi connectivity index (χ3n) is 3.23. The Morgan fingerprint density at radius 1 is 1.30 bits per heavy atom. The molecule has 106 valence electrons. The van der Waals surface area contributed by atoms with Gasteiger partial charge in [0.1, 0.15) is 0 Å². The number of hydrogen-bond acceptors (Lipinski definition) is 2. The van der Waals surface area contributed by atoms with Crippen LogP contribution in [0.4, 0.5) is 5.69 Å². The number of benzene rings is 1. The van der Waals surface area contributed by atoms with Crippen LogP contribution in [-0.2, 0) is 13.1 Å². The zero-order chi connectivity index (χ0) is 14.5. The van der Waals surface area contributed by atoms with Crippen LogP contribution in [0.3, 0.4) is 0 Å². The van der Waals surface area contributed by atoms with Crippen LogP contribution in [0.1, 0.15) is 23.6 Å². The highest BCUT2D eigenvalue weighted by atomic mass is 32.1. The first-order valence-electron chi connectivity index (χ1n) is 6.72. The molecule has 0 bridgehead atoms. The Balaban J connectivity index is 1.87. The number of rotatable bonds is 4. The Hall–Kier alpha value is -1.88. The maximum absolute atomic E-state index is 5.30. The summed E-state index contributed by atoms with van der Waals surface area (Å²) in [6.45, 7) is 7.81. The molecule has 0 aliphatic rings. The molecule has 0 saturated carbocycles. The van der Waals surface area contributed by atoms with Gasteiger partial charge in [-0.25, -0.2) is 0 Å². The third kappa shape index (κ3) is 3.81. The van der Waals surface area contributed by atoms with Crippen LogP contribution in [0, 0.1) is 13.8 Å². The summed E-state index contributed by atoms with van der Waals surface area (Å²) < 4.78 is 1.90. The number of nitrogens with one attached hydrogen (secondary N) is 2. The molecule has 0 fully saturated rings. The Morgan fingerprint density at radius 3 is 2.75 bits per heavy atom. The number of thiocarbonyl (C=S) groups is 1. The third-order valence-corrected chi connectivity index (χ3v) is 3.47. The zero-order valence-corrected chi connectivity index (χ0v) is 12.9. The van der Waals surface area contributed by atoms with Crippen molar-refractivity contribution in [3.63, 3.8) is 0 Å². The number of aromatic nitrogens is 2. The van der Waals surface area contributed by atoms with Crippen LogP contribution in [-0.4, -0.2) is 14.9 Å². The van der Waals surface area contributed by atoms with Crippen molar-refractivity contribution in [2.45, 2.75) is 33.9 Å². The molecule has 0 radical (unpaired) electrons. The summed E-state index contributed by atoms with van der Waals surface area (Å²) in [5.41, 5.74) is 4.66. The van der Waals surface area contributed by atoms with Crippen LogP contribution in [0.15, 0.2) is 30.6 Å². The van der Waals surface area contributed by atoms with Crippen molar-refractivity contribution in [1.82, 2.24) is 15.1 Å². The lowest BCUT2D eigenvalue weighted by molar-refractivity contribution is 0.659. The molecule has 1 heterocycles. The Kier molecular flexibility index (Phi) is 4.74. The fourth-order valence-corrected chi connectivity index (χ4v) is 2.04. The lowest BCUT2D eigenvalue weighted by Crippen LogP contribution is -2.27. The van der Waals surface area contributed by atoms with Gasteiger partial charge in [0.05, 0.1) is 6.20 Å². The molecule has 0 spiro atoms. The molecule has 5 heteroatoms. The van der Waals surface area contributed by atoms with E-state index >= 15 is 0 Å². The summed E-state index contributed by atoms with van der Waals surface area (Å²) in [7, 11) is 0. The van der Waals surface area contributed by atoms with Crippen molar-refractivity contribution in [3.8, 4) is 0 Å². The van der Waals surface area contributed by atoms with Crippen molar-refractivity contribution in [2.75, 3.05) is 5.32 Å². The molecule has 4 nitrogen and oxygen atoms in total. The van der Waals surface area contributed by atoms with Gasteiger partial charge in [-0.05, 0) is 56.2 Å². The average Bonchev–Trinajstić information content (AvgIpc) is 2.89. The number of hydrogen-bond donors (Lipinski definition) is 2. The minimum absolute atomic E-state index is 0.623. The van der Waals surface area contributed by atoms with Crippen LogP contribution < -0.4 is 10.6 Å². The smallest absolute Gasteiger partial charge is 0.171 e. The van der Waals surface area contributed by atoms with Gasteiger partial charge in [-0.3, -0.25) is 4.68 Å². The molecule has 0 aliphatic carbocycles. The number of anilines is 1. The molecular weight excluding hydrogens is 268 g/mol. The van der Waals surface area contributed by atoms with E-state index in [9.17, 15) is 0 Å². The zero-order valence-electron chi connectivity index (χ0n) is 12.1. The first-order valence-corrected chi connectivity index (χ1v) is 7.12. The second-order valence-corrected chi connectivity index (χ2v) is 5.22. The molecule has 0 saturated heterocycles. The van der Waals surface area contributed by atoms with E-state index in [1.807, 2.05) is 23.1 Å². The van der Waals surface area contributed by atoms with E-state index in [-0.39, 0.29) is 0 Å². The molecule has 1 aromatic carbocycles. The van der Waals surface area contributed by atoms with Crippen molar-refractivity contribution in [2.24, 2.45) is 0 Å². The average molecular weight is 288 g/mol. The van der Waals surface area contributed by atoms with Crippen LogP contribution in [0.5, 0.6) is 0 Å². The Labute approximate surface area is 125 Å². The van der Waals surface area contributed by atoms with Crippen molar-refractivity contribution in [3.05, 3.63) is 47.3 Å². The highest BCUT2D eigenvalue weighted by Crippen LogP contribution is 2.13. The van der Waals surface area contributed by atoms with Gasteiger partial charge < -0.3 is 10.6 Å². The molecule has 20 heavy (non-hydrogen) atoms. The van der Waals surface area contributed by atoms with E-state index in [1.165, 1.54) is 11.1 Å². The lowest BCUT2D eigenvalue weighted by atomic mass is 10.1. The van der Waals surface area contributed by atoms with Gasteiger partial charge in [0.25, 0.3) is 0 Å². The van der Waals surface area contributed by atoms with E-state index in [2.05, 4.69) is 48.6 Å². The molecular formula is C15H20N4S. The second-order valence-electron chi connectivity index (χ2n) is 4.81. The molecule has 0 amide bonds. The normalized spacial score (nSPS) is 10.3.